The molecule has 1 atom stereocenters. The lowest BCUT2D eigenvalue weighted by Gasteiger charge is -2.29. The molecule has 1 saturated heterocycles. The Kier molecular flexibility index (Phi) is 5.83. The van der Waals surface area contributed by atoms with Crippen LogP contribution in [0.1, 0.15) is 36.2 Å². The number of fused-ring (bicyclic) bond motifs is 1. The van der Waals surface area contributed by atoms with Gasteiger partial charge in [-0.05, 0) is 60.8 Å². The van der Waals surface area contributed by atoms with Crippen LogP contribution in [0, 0.1) is 0 Å². The van der Waals surface area contributed by atoms with E-state index in [0.717, 1.165) is 24.4 Å². The van der Waals surface area contributed by atoms with Crippen molar-refractivity contribution in [1.29, 1.82) is 0 Å². The molecule has 1 aliphatic rings. The molecule has 1 aromatic heterocycles. The van der Waals surface area contributed by atoms with Crippen molar-refractivity contribution in [3.63, 3.8) is 0 Å². The summed E-state index contributed by atoms with van der Waals surface area (Å²) in [6.07, 6.45) is 3.18. The van der Waals surface area contributed by atoms with Crippen LogP contribution < -0.4 is 4.72 Å². The summed E-state index contributed by atoms with van der Waals surface area (Å²) in [5, 5.41) is 2.39. The van der Waals surface area contributed by atoms with Gasteiger partial charge >= 0.3 is 0 Å². The van der Waals surface area contributed by atoms with Gasteiger partial charge in [-0.3, -0.25) is 4.90 Å². The summed E-state index contributed by atoms with van der Waals surface area (Å²) >= 11 is 1.36. The summed E-state index contributed by atoms with van der Waals surface area (Å²) in [7, 11) is -3.49. The van der Waals surface area contributed by atoms with Crippen molar-refractivity contribution in [1.82, 2.24) is 9.62 Å². The second kappa shape index (κ2) is 8.33. The van der Waals surface area contributed by atoms with Crippen LogP contribution >= 0.6 is 11.3 Å². The number of thiophene rings is 1. The molecule has 4 nitrogen and oxygen atoms in total. The molecule has 6 heteroatoms. The lowest BCUT2D eigenvalue weighted by molar-refractivity contribution is 0.248. The zero-order valence-electron chi connectivity index (χ0n) is 16.1. The minimum atomic E-state index is -3.49. The van der Waals surface area contributed by atoms with Crippen LogP contribution in [0.4, 0.5) is 0 Å². The van der Waals surface area contributed by atoms with E-state index in [9.17, 15) is 8.42 Å². The highest BCUT2D eigenvalue weighted by atomic mass is 32.2. The molecule has 4 rings (SSSR count). The average molecular weight is 415 g/mol. The summed E-state index contributed by atoms with van der Waals surface area (Å²) in [6, 6.07) is 18.3. The molecule has 0 aliphatic carbocycles. The van der Waals surface area contributed by atoms with E-state index in [1.165, 1.54) is 40.5 Å². The summed E-state index contributed by atoms with van der Waals surface area (Å²) in [5.74, 6) is 0. The smallest absolute Gasteiger partial charge is 0.250 e. The number of hydrogen-bond acceptors (Lipinski definition) is 4. The monoisotopic (exact) mass is 414 g/mol. The van der Waals surface area contributed by atoms with Gasteiger partial charge in [0.25, 0.3) is 0 Å². The van der Waals surface area contributed by atoms with Crippen molar-refractivity contribution in [3.8, 4) is 0 Å². The SMILES string of the molecule is CCc1ccc(S(=O)(=O)NC[C@H](c2cccc3ccccc23)N2CCCC2)s1. The van der Waals surface area contributed by atoms with Crippen LogP contribution in [0.2, 0.25) is 0 Å². The van der Waals surface area contributed by atoms with Gasteiger partial charge in [-0.25, -0.2) is 13.1 Å². The Balaban J connectivity index is 1.63. The molecule has 1 aliphatic heterocycles. The van der Waals surface area contributed by atoms with E-state index in [2.05, 4.69) is 46.0 Å². The number of benzene rings is 2. The molecule has 28 heavy (non-hydrogen) atoms. The van der Waals surface area contributed by atoms with Gasteiger partial charge in [0.15, 0.2) is 0 Å². The van der Waals surface area contributed by atoms with Crippen molar-refractivity contribution in [2.75, 3.05) is 19.6 Å². The summed E-state index contributed by atoms with van der Waals surface area (Å²) in [6.45, 7) is 4.44. The van der Waals surface area contributed by atoms with Crippen molar-refractivity contribution >= 4 is 32.1 Å². The number of rotatable bonds is 7. The lowest BCUT2D eigenvalue weighted by atomic mass is 9.98. The molecule has 148 valence electrons. The van der Waals surface area contributed by atoms with Crippen LogP contribution in [0.15, 0.2) is 58.8 Å². The minimum absolute atomic E-state index is 0.0361. The number of sulfonamides is 1. The van der Waals surface area contributed by atoms with Gasteiger partial charge in [-0.2, -0.15) is 0 Å². The predicted molar refractivity (Wildman–Crippen MR) is 116 cm³/mol. The second-order valence-corrected chi connectivity index (χ2v) is 10.4. The molecule has 0 bridgehead atoms. The summed E-state index contributed by atoms with van der Waals surface area (Å²) in [4.78, 5) is 3.50. The zero-order chi connectivity index (χ0) is 19.6. The van der Waals surface area contributed by atoms with Gasteiger partial charge in [0.05, 0.1) is 0 Å². The van der Waals surface area contributed by atoms with Crippen LogP contribution in [0.5, 0.6) is 0 Å². The third-order valence-corrected chi connectivity index (χ3v) is 8.63. The van der Waals surface area contributed by atoms with Crippen LogP contribution in [-0.2, 0) is 16.4 Å². The number of nitrogens with zero attached hydrogens (tertiary/aromatic N) is 1. The van der Waals surface area contributed by atoms with E-state index in [1.807, 2.05) is 19.1 Å². The Morgan fingerprint density at radius 1 is 1.04 bits per heavy atom. The molecule has 0 saturated carbocycles. The molecule has 2 aromatic carbocycles. The molecule has 1 fully saturated rings. The van der Waals surface area contributed by atoms with Crippen LogP contribution in [0.3, 0.4) is 0 Å². The molecular formula is C22H26N2O2S2. The maximum absolute atomic E-state index is 12.9. The zero-order valence-corrected chi connectivity index (χ0v) is 17.7. The van der Waals surface area contributed by atoms with Crippen molar-refractivity contribution in [2.24, 2.45) is 0 Å². The fourth-order valence-electron chi connectivity index (χ4n) is 3.98. The van der Waals surface area contributed by atoms with Gasteiger partial charge in [-0.1, -0.05) is 49.4 Å². The lowest BCUT2D eigenvalue weighted by Crippen LogP contribution is -2.36. The van der Waals surface area contributed by atoms with Crippen molar-refractivity contribution < 1.29 is 8.42 Å². The Morgan fingerprint density at radius 3 is 2.54 bits per heavy atom. The predicted octanol–water partition coefficient (Wildman–Crippen LogP) is 4.58. The topological polar surface area (TPSA) is 49.4 Å². The van der Waals surface area contributed by atoms with E-state index in [1.54, 1.807) is 6.07 Å². The first kappa shape index (κ1) is 19.6. The highest BCUT2D eigenvalue weighted by Crippen LogP contribution is 2.31. The number of hydrogen-bond donors (Lipinski definition) is 1. The first-order valence-corrected chi connectivity index (χ1v) is 12.2. The van der Waals surface area contributed by atoms with Crippen LogP contribution in [-0.4, -0.2) is 33.0 Å². The standard InChI is InChI=1S/C22H26N2O2S2/c1-2-18-12-13-22(27-18)28(25,26)23-16-21(24-14-5-6-15-24)20-11-7-9-17-8-3-4-10-19(17)20/h3-4,7-13,21,23H,2,5-6,14-16H2,1H3/t21-/m1/s1. The fraction of sp³-hybridized carbons (Fsp3) is 0.364. The first-order chi connectivity index (χ1) is 13.6. The number of likely N-dealkylation sites (tertiary alicyclic amines) is 1. The molecule has 1 N–H and O–H groups in total. The minimum Gasteiger partial charge on any atom is -0.295 e. The maximum Gasteiger partial charge on any atom is 0.250 e. The molecule has 3 aromatic rings. The normalized spacial score (nSPS) is 16.6. The summed E-state index contributed by atoms with van der Waals surface area (Å²) in [5.41, 5.74) is 1.20. The molecule has 0 radical (unpaired) electrons. The Labute approximate surface area is 171 Å². The van der Waals surface area contributed by atoms with Gasteiger partial charge in [-0.15, -0.1) is 11.3 Å². The van der Waals surface area contributed by atoms with Gasteiger partial charge in [0.1, 0.15) is 4.21 Å². The molecular weight excluding hydrogens is 388 g/mol. The average Bonchev–Trinajstić information content (AvgIpc) is 3.40. The van der Waals surface area contributed by atoms with Crippen molar-refractivity contribution in [2.45, 2.75) is 36.4 Å². The summed E-state index contributed by atoms with van der Waals surface area (Å²) < 4.78 is 29.0. The quantitative estimate of drug-likeness (QED) is 0.616. The van der Waals surface area contributed by atoms with E-state index >= 15 is 0 Å². The Morgan fingerprint density at radius 2 is 1.79 bits per heavy atom. The largest absolute Gasteiger partial charge is 0.295 e. The number of nitrogens with one attached hydrogen (secondary N) is 1. The Bertz CT molecular complexity index is 1050. The number of aryl methyl sites for hydroxylation is 1. The molecule has 0 spiro atoms. The van der Waals surface area contributed by atoms with Crippen LogP contribution in [0.25, 0.3) is 10.8 Å². The first-order valence-electron chi connectivity index (χ1n) is 9.88. The van der Waals surface area contributed by atoms with E-state index in [-0.39, 0.29) is 6.04 Å². The van der Waals surface area contributed by atoms with Crippen molar-refractivity contribution in [3.05, 3.63) is 65.0 Å². The fourth-order valence-corrected chi connectivity index (χ4v) is 6.36. The van der Waals surface area contributed by atoms with E-state index in [4.69, 9.17) is 0 Å². The second-order valence-electron chi connectivity index (χ2n) is 7.25. The molecule has 0 unspecified atom stereocenters. The highest BCUT2D eigenvalue weighted by molar-refractivity contribution is 7.91. The highest BCUT2D eigenvalue weighted by Gasteiger charge is 2.27. The third kappa shape index (κ3) is 4.01. The Hall–Kier alpha value is -1.73. The van der Waals surface area contributed by atoms with Gasteiger partial charge < -0.3 is 0 Å². The van der Waals surface area contributed by atoms with Gasteiger partial charge in [0.2, 0.25) is 10.0 Å². The third-order valence-electron chi connectivity index (χ3n) is 5.48. The molecule has 0 amide bonds. The van der Waals surface area contributed by atoms with E-state index < -0.39 is 10.0 Å². The van der Waals surface area contributed by atoms with Gasteiger partial charge in [0, 0.05) is 17.5 Å². The maximum atomic E-state index is 12.9. The molecule has 2 heterocycles. The van der Waals surface area contributed by atoms with E-state index in [0.29, 0.717) is 10.8 Å².